The Morgan fingerprint density at radius 3 is 2.75 bits per heavy atom. The van der Waals surface area contributed by atoms with Gasteiger partial charge in [-0.2, -0.15) is 0 Å². The number of hydrogen-bond donors (Lipinski definition) is 2. The second-order valence-corrected chi connectivity index (χ2v) is 5.02. The summed E-state index contributed by atoms with van der Waals surface area (Å²) in [7, 11) is 4.14. The van der Waals surface area contributed by atoms with Crippen LogP contribution in [0.2, 0.25) is 0 Å². The minimum atomic E-state index is 0.234. The highest BCUT2D eigenvalue weighted by molar-refractivity contribution is 9.10. The van der Waals surface area contributed by atoms with Crippen molar-refractivity contribution in [1.29, 1.82) is 0 Å². The van der Waals surface area contributed by atoms with Gasteiger partial charge in [0.25, 0.3) is 0 Å². The molecule has 1 atom stereocenters. The second kappa shape index (κ2) is 7.01. The minimum Gasteiger partial charge on any atom is -0.329 e. The quantitative estimate of drug-likeness (QED) is 0.834. The van der Waals surface area contributed by atoms with Crippen molar-refractivity contribution in [2.24, 2.45) is 5.73 Å². The summed E-state index contributed by atoms with van der Waals surface area (Å²) in [6, 6.07) is 8.51. The predicted octanol–water partition coefficient (Wildman–Crippen LogP) is 1.60. The number of likely N-dealkylation sites (N-methyl/N-ethyl adjacent to an activating group) is 1. The number of hydrogen-bond acceptors (Lipinski definition) is 3. The Morgan fingerprint density at radius 1 is 1.44 bits per heavy atom. The van der Waals surface area contributed by atoms with Crippen LogP contribution in [0, 0.1) is 0 Å². The van der Waals surface area contributed by atoms with Crippen LogP contribution in [0.4, 0.5) is 0 Å². The van der Waals surface area contributed by atoms with Crippen LogP contribution >= 0.6 is 15.9 Å². The smallest absolute Gasteiger partial charge is 0.0445 e. The van der Waals surface area contributed by atoms with E-state index in [4.69, 9.17) is 5.73 Å². The molecular formula is C12H20BrN3. The van der Waals surface area contributed by atoms with Crippen LogP contribution in [0.25, 0.3) is 0 Å². The van der Waals surface area contributed by atoms with E-state index in [2.05, 4.69) is 52.4 Å². The number of benzene rings is 1. The zero-order valence-corrected chi connectivity index (χ0v) is 11.5. The Kier molecular flexibility index (Phi) is 5.98. The molecule has 0 fully saturated rings. The van der Waals surface area contributed by atoms with Crippen molar-refractivity contribution in [3.05, 3.63) is 34.3 Å². The van der Waals surface area contributed by atoms with Gasteiger partial charge in [0.05, 0.1) is 0 Å². The second-order valence-electron chi connectivity index (χ2n) is 4.10. The maximum atomic E-state index is 5.78. The summed E-state index contributed by atoms with van der Waals surface area (Å²) in [5.41, 5.74) is 7.01. The fourth-order valence-corrected chi connectivity index (χ4v) is 1.94. The van der Waals surface area contributed by atoms with Crippen LogP contribution in [0.1, 0.15) is 11.6 Å². The first kappa shape index (κ1) is 13.6. The fraction of sp³-hybridized carbons (Fsp3) is 0.500. The molecule has 0 aliphatic rings. The molecule has 0 aliphatic carbocycles. The third-order valence-corrected chi connectivity index (χ3v) is 2.93. The fourth-order valence-electron chi connectivity index (χ4n) is 1.52. The van der Waals surface area contributed by atoms with Crippen molar-refractivity contribution in [2.45, 2.75) is 6.04 Å². The molecule has 0 saturated carbocycles. The van der Waals surface area contributed by atoms with Gasteiger partial charge < -0.3 is 16.0 Å². The average Bonchev–Trinajstić information content (AvgIpc) is 2.24. The lowest BCUT2D eigenvalue weighted by molar-refractivity contribution is 0.385. The van der Waals surface area contributed by atoms with Crippen molar-refractivity contribution >= 4 is 15.9 Å². The summed E-state index contributed by atoms with van der Waals surface area (Å²) in [4.78, 5) is 2.15. The van der Waals surface area contributed by atoms with Crippen LogP contribution in [0.3, 0.4) is 0 Å². The molecule has 90 valence electrons. The highest BCUT2D eigenvalue weighted by atomic mass is 79.9. The van der Waals surface area contributed by atoms with Gasteiger partial charge in [0, 0.05) is 30.1 Å². The molecule has 0 spiro atoms. The SMILES string of the molecule is CN(C)CCNC(CN)c1cccc(Br)c1. The molecule has 0 heterocycles. The van der Waals surface area contributed by atoms with E-state index in [0.717, 1.165) is 17.6 Å². The molecular weight excluding hydrogens is 266 g/mol. The van der Waals surface area contributed by atoms with Gasteiger partial charge >= 0.3 is 0 Å². The van der Waals surface area contributed by atoms with Crippen LogP contribution in [-0.2, 0) is 0 Å². The summed E-state index contributed by atoms with van der Waals surface area (Å²) in [5, 5.41) is 3.46. The highest BCUT2D eigenvalue weighted by Gasteiger charge is 2.08. The molecule has 16 heavy (non-hydrogen) atoms. The monoisotopic (exact) mass is 285 g/mol. The van der Waals surface area contributed by atoms with E-state index < -0.39 is 0 Å². The van der Waals surface area contributed by atoms with Gasteiger partial charge in [-0.1, -0.05) is 28.1 Å². The van der Waals surface area contributed by atoms with Gasteiger partial charge in [0.1, 0.15) is 0 Å². The van der Waals surface area contributed by atoms with Crippen molar-refractivity contribution in [2.75, 3.05) is 33.7 Å². The minimum absolute atomic E-state index is 0.234. The lowest BCUT2D eigenvalue weighted by Crippen LogP contribution is -2.33. The zero-order valence-electron chi connectivity index (χ0n) is 9.91. The average molecular weight is 286 g/mol. The summed E-state index contributed by atoms with van der Waals surface area (Å²) in [5.74, 6) is 0. The van der Waals surface area contributed by atoms with Gasteiger partial charge in [-0.3, -0.25) is 0 Å². The molecule has 3 nitrogen and oxygen atoms in total. The molecule has 3 N–H and O–H groups in total. The van der Waals surface area contributed by atoms with Gasteiger partial charge in [-0.15, -0.1) is 0 Å². The molecule has 0 bridgehead atoms. The maximum Gasteiger partial charge on any atom is 0.0445 e. The third kappa shape index (κ3) is 4.61. The van der Waals surface area contributed by atoms with Crippen LogP contribution < -0.4 is 11.1 Å². The first-order valence-corrected chi connectivity index (χ1v) is 6.26. The lowest BCUT2D eigenvalue weighted by Gasteiger charge is -2.19. The van der Waals surface area contributed by atoms with E-state index in [9.17, 15) is 0 Å². The third-order valence-electron chi connectivity index (χ3n) is 2.44. The van der Waals surface area contributed by atoms with Crippen molar-refractivity contribution in [3.63, 3.8) is 0 Å². The largest absolute Gasteiger partial charge is 0.329 e. The van der Waals surface area contributed by atoms with E-state index >= 15 is 0 Å². The first-order valence-electron chi connectivity index (χ1n) is 5.47. The van der Waals surface area contributed by atoms with E-state index in [0.29, 0.717) is 6.54 Å². The van der Waals surface area contributed by atoms with Gasteiger partial charge in [0.15, 0.2) is 0 Å². The number of nitrogens with one attached hydrogen (secondary N) is 1. The van der Waals surface area contributed by atoms with Crippen molar-refractivity contribution in [3.8, 4) is 0 Å². The van der Waals surface area contributed by atoms with E-state index in [1.165, 1.54) is 5.56 Å². The van der Waals surface area contributed by atoms with Crippen molar-refractivity contribution in [1.82, 2.24) is 10.2 Å². The highest BCUT2D eigenvalue weighted by Crippen LogP contribution is 2.17. The summed E-state index contributed by atoms with van der Waals surface area (Å²) in [6.07, 6.45) is 0. The zero-order chi connectivity index (χ0) is 12.0. The Hall–Kier alpha value is -0.420. The Balaban J connectivity index is 2.53. The van der Waals surface area contributed by atoms with Crippen LogP contribution in [-0.4, -0.2) is 38.6 Å². The number of nitrogens with two attached hydrogens (primary N) is 1. The van der Waals surface area contributed by atoms with Crippen LogP contribution in [0.5, 0.6) is 0 Å². The predicted molar refractivity (Wildman–Crippen MR) is 72.5 cm³/mol. The van der Waals surface area contributed by atoms with Crippen LogP contribution in [0.15, 0.2) is 28.7 Å². The summed E-state index contributed by atoms with van der Waals surface area (Å²) >= 11 is 3.47. The molecule has 1 unspecified atom stereocenters. The van der Waals surface area contributed by atoms with E-state index in [1.807, 2.05) is 12.1 Å². The number of rotatable bonds is 6. The molecule has 4 heteroatoms. The Labute approximate surface area is 106 Å². The number of halogens is 1. The molecule has 0 aliphatic heterocycles. The Bertz CT molecular complexity index is 315. The normalized spacial score (nSPS) is 13.1. The lowest BCUT2D eigenvalue weighted by atomic mass is 10.1. The van der Waals surface area contributed by atoms with Gasteiger partial charge in [-0.05, 0) is 31.8 Å². The molecule has 1 rings (SSSR count). The van der Waals surface area contributed by atoms with Gasteiger partial charge in [0.2, 0.25) is 0 Å². The molecule has 1 aromatic carbocycles. The molecule has 1 aromatic rings. The molecule has 0 saturated heterocycles. The van der Waals surface area contributed by atoms with E-state index in [-0.39, 0.29) is 6.04 Å². The summed E-state index contributed by atoms with van der Waals surface area (Å²) in [6.45, 7) is 2.58. The van der Waals surface area contributed by atoms with E-state index in [1.54, 1.807) is 0 Å². The maximum absolute atomic E-state index is 5.78. The topological polar surface area (TPSA) is 41.3 Å². The van der Waals surface area contributed by atoms with Gasteiger partial charge in [-0.25, -0.2) is 0 Å². The molecule has 0 aromatic heterocycles. The summed E-state index contributed by atoms with van der Waals surface area (Å²) < 4.78 is 1.10. The first-order chi connectivity index (χ1) is 7.63. The van der Waals surface area contributed by atoms with Crippen molar-refractivity contribution < 1.29 is 0 Å². The Morgan fingerprint density at radius 2 is 2.19 bits per heavy atom. The molecule has 0 amide bonds. The molecule has 0 radical (unpaired) electrons. The number of nitrogens with zero attached hydrogens (tertiary/aromatic N) is 1. The standard InChI is InChI=1S/C12H20BrN3/c1-16(2)7-6-15-12(9-14)10-4-3-5-11(13)8-10/h3-5,8,12,15H,6-7,9,14H2,1-2H3.